The lowest BCUT2D eigenvalue weighted by Crippen LogP contribution is -2.10. The molecule has 0 spiro atoms. The van der Waals surface area contributed by atoms with Crippen molar-refractivity contribution in [3.8, 4) is 0 Å². The third-order valence-electron chi connectivity index (χ3n) is 2.59. The maximum Gasteiger partial charge on any atom is 0.306 e. The molecule has 0 bridgehead atoms. The van der Waals surface area contributed by atoms with Crippen LogP contribution in [0.25, 0.3) is 0 Å². The zero-order valence-electron chi connectivity index (χ0n) is 8.01. The number of hydrogen-bond donors (Lipinski definition) is 0. The van der Waals surface area contributed by atoms with Crippen molar-refractivity contribution in [1.29, 1.82) is 0 Å². The number of carbonyl (C=O) groups excluding carboxylic acids is 1. The first-order chi connectivity index (χ1) is 5.74. The maximum atomic E-state index is 10.9. The lowest BCUT2D eigenvalue weighted by atomic mass is 9.95. The van der Waals surface area contributed by atoms with Crippen LogP contribution < -0.4 is 0 Å². The molecule has 2 atom stereocenters. The van der Waals surface area contributed by atoms with E-state index in [4.69, 9.17) is 4.74 Å². The van der Waals surface area contributed by atoms with Gasteiger partial charge in [0.2, 0.25) is 0 Å². The fraction of sp³-hybridized carbons (Fsp3) is 0.900. The van der Waals surface area contributed by atoms with Crippen molar-refractivity contribution in [1.82, 2.24) is 0 Å². The lowest BCUT2D eigenvalue weighted by Gasteiger charge is -2.11. The molecule has 0 aromatic heterocycles. The van der Waals surface area contributed by atoms with Gasteiger partial charge in [-0.3, -0.25) is 4.79 Å². The molecule has 2 heteroatoms. The van der Waals surface area contributed by atoms with Crippen LogP contribution in [0, 0.1) is 5.92 Å². The second-order valence-corrected chi connectivity index (χ2v) is 3.65. The zero-order valence-corrected chi connectivity index (χ0v) is 8.01. The fourth-order valence-corrected chi connectivity index (χ4v) is 1.73. The molecular weight excluding hydrogens is 152 g/mol. The number of unbranched alkanes of at least 4 members (excludes halogenated alkanes) is 2. The van der Waals surface area contributed by atoms with Crippen LogP contribution in [-0.4, -0.2) is 12.1 Å². The van der Waals surface area contributed by atoms with Crippen molar-refractivity contribution < 1.29 is 9.53 Å². The smallest absolute Gasteiger partial charge is 0.306 e. The highest BCUT2D eigenvalue weighted by Gasteiger charge is 2.30. The monoisotopic (exact) mass is 170 g/mol. The van der Waals surface area contributed by atoms with E-state index < -0.39 is 0 Å². The normalized spacial score (nSPS) is 29.0. The van der Waals surface area contributed by atoms with Gasteiger partial charge >= 0.3 is 5.97 Å². The van der Waals surface area contributed by atoms with Gasteiger partial charge in [-0.15, -0.1) is 0 Å². The van der Waals surface area contributed by atoms with Gasteiger partial charge in [0.1, 0.15) is 6.10 Å². The molecule has 2 nitrogen and oxygen atoms in total. The molecule has 0 amide bonds. The molecule has 1 aliphatic rings. The van der Waals surface area contributed by atoms with Crippen molar-refractivity contribution >= 4 is 5.97 Å². The minimum absolute atomic E-state index is 0.0102. The maximum absolute atomic E-state index is 10.9. The van der Waals surface area contributed by atoms with Gasteiger partial charge < -0.3 is 4.74 Å². The Morgan fingerprint density at radius 2 is 2.25 bits per heavy atom. The predicted octanol–water partition coefficient (Wildman–Crippen LogP) is 2.52. The van der Waals surface area contributed by atoms with E-state index in [-0.39, 0.29) is 12.1 Å². The molecule has 1 fully saturated rings. The van der Waals surface area contributed by atoms with Gasteiger partial charge in [0.05, 0.1) is 6.42 Å². The predicted molar refractivity (Wildman–Crippen MR) is 47.8 cm³/mol. The molecule has 0 saturated carbocycles. The van der Waals surface area contributed by atoms with Crippen LogP contribution in [0.3, 0.4) is 0 Å². The van der Waals surface area contributed by atoms with E-state index in [1.165, 1.54) is 19.3 Å². The Kier molecular flexibility index (Phi) is 3.57. The first-order valence-corrected chi connectivity index (χ1v) is 4.93. The van der Waals surface area contributed by atoms with E-state index in [9.17, 15) is 4.79 Å². The highest BCUT2D eigenvalue weighted by atomic mass is 16.5. The van der Waals surface area contributed by atoms with Crippen LogP contribution >= 0.6 is 0 Å². The number of cyclic esters (lactones) is 1. The van der Waals surface area contributed by atoms with E-state index in [0.717, 1.165) is 6.42 Å². The standard InChI is InChI=1S/C10H18O2/c1-3-4-5-6-9-7-10(11)12-8(9)2/h8-9H,3-7H2,1-2H3/t8-,9-/m0/s1. The van der Waals surface area contributed by atoms with E-state index >= 15 is 0 Å². The van der Waals surface area contributed by atoms with Crippen LogP contribution in [0.2, 0.25) is 0 Å². The van der Waals surface area contributed by atoms with Crippen LogP contribution in [0.5, 0.6) is 0 Å². The summed E-state index contributed by atoms with van der Waals surface area (Å²) in [5.74, 6) is 0.480. The summed E-state index contributed by atoms with van der Waals surface area (Å²) in [4.78, 5) is 10.9. The Hall–Kier alpha value is -0.530. The van der Waals surface area contributed by atoms with Crippen molar-refractivity contribution in [3.63, 3.8) is 0 Å². The van der Waals surface area contributed by atoms with Crippen LogP contribution in [0.15, 0.2) is 0 Å². The fourth-order valence-electron chi connectivity index (χ4n) is 1.73. The van der Waals surface area contributed by atoms with E-state index in [1.807, 2.05) is 6.92 Å². The molecule has 70 valence electrons. The summed E-state index contributed by atoms with van der Waals surface area (Å²) >= 11 is 0. The minimum Gasteiger partial charge on any atom is -0.462 e. The molecule has 0 aromatic carbocycles. The van der Waals surface area contributed by atoms with Crippen LogP contribution in [0.1, 0.15) is 46.0 Å². The summed E-state index contributed by atoms with van der Waals surface area (Å²) in [6.45, 7) is 4.20. The van der Waals surface area contributed by atoms with Gasteiger partial charge in [0.25, 0.3) is 0 Å². The van der Waals surface area contributed by atoms with Crippen molar-refractivity contribution in [3.05, 3.63) is 0 Å². The quantitative estimate of drug-likeness (QED) is 0.478. The third-order valence-corrected chi connectivity index (χ3v) is 2.59. The Balaban J connectivity index is 2.19. The topological polar surface area (TPSA) is 26.3 Å². The molecule has 1 rings (SSSR count). The van der Waals surface area contributed by atoms with Crippen LogP contribution in [-0.2, 0) is 9.53 Å². The highest BCUT2D eigenvalue weighted by molar-refractivity contribution is 5.71. The van der Waals surface area contributed by atoms with Crippen molar-refractivity contribution in [2.75, 3.05) is 0 Å². The molecule has 1 aliphatic heterocycles. The van der Waals surface area contributed by atoms with E-state index in [0.29, 0.717) is 12.3 Å². The van der Waals surface area contributed by atoms with Crippen molar-refractivity contribution in [2.24, 2.45) is 5.92 Å². The molecule has 0 N–H and O–H groups in total. The van der Waals surface area contributed by atoms with Gasteiger partial charge in [0, 0.05) is 5.92 Å². The second kappa shape index (κ2) is 4.48. The van der Waals surface area contributed by atoms with Crippen molar-refractivity contribution in [2.45, 2.75) is 52.1 Å². The molecule has 0 unspecified atom stereocenters. The van der Waals surface area contributed by atoms with Gasteiger partial charge in [-0.25, -0.2) is 0 Å². The molecule has 0 aliphatic carbocycles. The Bertz CT molecular complexity index is 154. The molecule has 0 aromatic rings. The number of ether oxygens (including phenoxy) is 1. The summed E-state index contributed by atoms with van der Waals surface area (Å²) in [7, 11) is 0. The van der Waals surface area contributed by atoms with Gasteiger partial charge in [-0.2, -0.15) is 0 Å². The largest absolute Gasteiger partial charge is 0.462 e. The zero-order chi connectivity index (χ0) is 8.97. The summed E-state index contributed by atoms with van der Waals surface area (Å²) < 4.78 is 5.07. The first kappa shape index (κ1) is 9.56. The Morgan fingerprint density at radius 1 is 1.50 bits per heavy atom. The summed E-state index contributed by atoms with van der Waals surface area (Å²) in [6, 6.07) is 0. The summed E-state index contributed by atoms with van der Waals surface area (Å²) in [6.07, 6.45) is 5.72. The number of hydrogen-bond acceptors (Lipinski definition) is 2. The first-order valence-electron chi connectivity index (χ1n) is 4.93. The second-order valence-electron chi connectivity index (χ2n) is 3.65. The lowest BCUT2D eigenvalue weighted by molar-refractivity contribution is -0.140. The molecule has 1 saturated heterocycles. The summed E-state index contributed by atoms with van der Waals surface area (Å²) in [5, 5.41) is 0. The highest BCUT2D eigenvalue weighted by Crippen LogP contribution is 2.26. The van der Waals surface area contributed by atoms with Gasteiger partial charge in [0.15, 0.2) is 0 Å². The van der Waals surface area contributed by atoms with E-state index in [2.05, 4.69) is 6.92 Å². The average molecular weight is 170 g/mol. The van der Waals surface area contributed by atoms with Gasteiger partial charge in [-0.05, 0) is 13.3 Å². The van der Waals surface area contributed by atoms with E-state index in [1.54, 1.807) is 0 Å². The van der Waals surface area contributed by atoms with Gasteiger partial charge in [-0.1, -0.05) is 26.2 Å². The molecular formula is C10H18O2. The minimum atomic E-state index is -0.0102. The molecule has 12 heavy (non-hydrogen) atoms. The molecule has 0 radical (unpaired) electrons. The number of carbonyl (C=O) groups is 1. The molecule has 1 heterocycles. The number of esters is 1. The number of rotatable bonds is 4. The average Bonchev–Trinajstić information content (AvgIpc) is 2.31. The SMILES string of the molecule is CCCCC[C@H]1CC(=O)O[C@H]1C. The Labute approximate surface area is 74.3 Å². The third kappa shape index (κ3) is 2.50. The Morgan fingerprint density at radius 3 is 2.75 bits per heavy atom. The van der Waals surface area contributed by atoms with Crippen LogP contribution in [0.4, 0.5) is 0 Å². The summed E-state index contributed by atoms with van der Waals surface area (Å²) in [5.41, 5.74) is 0.